The number of rotatable bonds is 2. The van der Waals surface area contributed by atoms with Gasteiger partial charge in [0.25, 0.3) is 0 Å². The number of hydrogen-bond donors (Lipinski definition) is 0. The second-order valence-electron chi connectivity index (χ2n) is 4.99. The summed E-state index contributed by atoms with van der Waals surface area (Å²) in [7, 11) is 0. The molecular weight excluding hydrogens is 244 g/mol. The van der Waals surface area contributed by atoms with Crippen LogP contribution in [-0.2, 0) is 0 Å². The third-order valence-corrected chi connectivity index (χ3v) is 3.71. The zero-order chi connectivity index (χ0) is 12.7. The van der Waals surface area contributed by atoms with Crippen molar-refractivity contribution in [1.82, 2.24) is 9.97 Å². The fourth-order valence-corrected chi connectivity index (χ4v) is 2.28. The highest BCUT2D eigenvalue weighted by Gasteiger charge is 2.28. The third kappa shape index (κ3) is 2.13. The molecule has 2 aromatic rings. The first kappa shape index (κ1) is 11.7. The molecule has 2 nitrogen and oxygen atoms in total. The Labute approximate surface area is 112 Å². The lowest BCUT2D eigenvalue weighted by molar-refractivity contribution is 0.922. The Kier molecular flexibility index (Phi) is 2.83. The first-order chi connectivity index (χ1) is 8.65. The fourth-order valence-electron chi connectivity index (χ4n) is 2.10. The predicted octanol–water partition coefficient (Wildman–Crippen LogP) is 4.29. The van der Waals surface area contributed by atoms with Crippen LogP contribution in [0.5, 0.6) is 0 Å². The summed E-state index contributed by atoms with van der Waals surface area (Å²) in [5, 5.41) is 0.586. The number of aromatic nitrogens is 2. The second kappa shape index (κ2) is 4.36. The van der Waals surface area contributed by atoms with Crippen LogP contribution < -0.4 is 0 Å². The minimum atomic E-state index is 0.520. The number of benzene rings is 1. The Morgan fingerprint density at radius 1 is 1.17 bits per heavy atom. The standard InChI is InChI=1S/C15H15ClN2/c1-9-4-3-5-12(8-9)13-10(2)14(16)18-15(17-13)11-6-7-11/h3-5,8,11H,6-7H2,1-2H3. The monoisotopic (exact) mass is 258 g/mol. The molecule has 1 aromatic heterocycles. The minimum absolute atomic E-state index is 0.520. The Bertz CT molecular complexity index is 603. The molecule has 0 aliphatic heterocycles. The zero-order valence-electron chi connectivity index (χ0n) is 10.6. The van der Waals surface area contributed by atoms with Gasteiger partial charge in [0.05, 0.1) is 5.69 Å². The topological polar surface area (TPSA) is 25.8 Å². The van der Waals surface area contributed by atoms with Crippen molar-refractivity contribution in [1.29, 1.82) is 0 Å². The molecule has 0 spiro atoms. The molecule has 1 saturated carbocycles. The predicted molar refractivity (Wildman–Crippen MR) is 73.9 cm³/mol. The second-order valence-corrected chi connectivity index (χ2v) is 5.35. The maximum absolute atomic E-state index is 6.23. The lowest BCUT2D eigenvalue weighted by atomic mass is 10.1. The number of aryl methyl sites for hydroxylation is 1. The lowest BCUT2D eigenvalue weighted by Crippen LogP contribution is -1.99. The molecule has 0 radical (unpaired) electrons. The van der Waals surface area contributed by atoms with E-state index in [9.17, 15) is 0 Å². The maximum atomic E-state index is 6.23. The maximum Gasteiger partial charge on any atom is 0.136 e. The fraction of sp³-hybridized carbons (Fsp3) is 0.333. The Morgan fingerprint density at radius 2 is 1.94 bits per heavy atom. The summed E-state index contributed by atoms with van der Waals surface area (Å²) in [5.41, 5.74) is 4.29. The summed E-state index contributed by atoms with van der Waals surface area (Å²) in [4.78, 5) is 9.11. The minimum Gasteiger partial charge on any atom is -0.232 e. The van der Waals surface area contributed by atoms with Crippen molar-refractivity contribution in [2.24, 2.45) is 0 Å². The van der Waals surface area contributed by atoms with Crippen LogP contribution in [0, 0.1) is 13.8 Å². The van der Waals surface area contributed by atoms with Gasteiger partial charge in [-0.2, -0.15) is 0 Å². The van der Waals surface area contributed by atoms with Crippen molar-refractivity contribution in [2.45, 2.75) is 32.6 Å². The summed E-state index contributed by atoms with van der Waals surface area (Å²) < 4.78 is 0. The zero-order valence-corrected chi connectivity index (χ0v) is 11.3. The molecule has 1 aliphatic rings. The first-order valence-electron chi connectivity index (χ1n) is 6.26. The van der Waals surface area contributed by atoms with E-state index in [0.717, 1.165) is 22.6 Å². The van der Waals surface area contributed by atoms with E-state index in [1.54, 1.807) is 0 Å². The molecule has 1 aliphatic carbocycles. The molecule has 0 N–H and O–H groups in total. The first-order valence-corrected chi connectivity index (χ1v) is 6.64. The van der Waals surface area contributed by atoms with Gasteiger partial charge in [0.1, 0.15) is 11.0 Å². The molecule has 3 rings (SSSR count). The van der Waals surface area contributed by atoms with Crippen molar-refractivity contribution >= 4 is 11.6 Å². The van der Waals surface area contributed by atoms with E-state index in [2.05, 4.69) is 36.2 Å². The van der Waals surface area contributed by atoms with Gasteiger partial charge in [0.2, 0.25) is 0 Å². The molecular formula is C15H15ClN2. The molecule has 1 fully saturated rings. The highest BCUT2D eigenvalue weighted by atomic mass is 35.5. The average Bonchev–Trinajstić information content (AvgIpc) is 3.16. The molecule has 0 atom stereocenters. The molecule has 0 amide bonds. The van der Waals surface area contributed by atoms with Crippen molar-refractivity contribution in [3.8, 4) is 11.3 Å². The van der Waals surface area contributed by atoms with E-state index < -0.39 is 0 Å². The van der Waals surface area contributed by atoms with Crippen molar-refractivity contribution < 1.29 is 0 Å². The van der Waals surface area contributed by atoms with Gasteiger partial charge in [-0.15, -0.1) is 0 Å². The highest BCUT2D eigenvalue weighted by molar-refractivity contribution is 6.30. The normalized spacial score (nSPS) is 14.8. The lowest BCUT2D eigenvalue weighted by Gasteiger charge is -2.09. The van der Waals surface area contributed by atoms with Crippen LogP contribution in [0.15, 0.2) is 24.3 Å². The highest BCUT2D eigenvalue weighted by Crippen LogP contribution is 2.40. The molecule has 3 heteroatoms. The number of nitrogens with zero attached hydrogens (tertiary/aromatic N) is 2. The van der Waals surface area contributed by atoms with Crippen LogP contribution in [0.4, 0.5) is 0 Å². The SMILES string of the molecule is Cc1cccc(-c2nc(C3CC3)nc(Cl)c2C)c1. The van der Waals surface area contributed by atoms with Gasteiger partial charge in [-0.3, -0.25) is 0 Å². The van der Waals surface area contributed by atoms with Crippen LogP contribution in [0.25, 0.3) is 11.3 Å². The van der Waals surface area contributed by atoms with Crippen LogP contribution in [-0.4, -0.2) is 9.97 Å². The molecule has 1 aromatic carbocycles. The summed E-state index contributed by atoms with van der Waals surface area (Å²) in [6, 6.07) is 8.36. The molecule has 0 saturated heterocycles. The number of hydrogen-bond acceptors (Lipinski definition) is 2. The van der Waals surface area contributed by atoms with Crippen LogP contribution >= 0.6 is 11.6 Å². The Hall–Kier alpha value is -1.41. The van der Waals surface area contributed by atoms with Gasteiger partial charge >= 0.3 is 0 Å². The smallest absolute Gasteiger partial charge is 0.136 e. The summed E-state index contributed by atoms with van der Waals surface area (Å²) in [6.07, 6.45) is 2.37. The summed E-state index contributed by atoms with van der Waals surface area (Å²) >= 11 is 6.23. The third-order valence-electron chi connectivity index (χ3n) is 3.34. The van der Waals surface area contributed by atoms with Gasteiger partial charge in [-0.05, 0) is 32.8 Å². The molecule has 92 valence electrons. The molecule has 18 heavy (non-hydrogen) atoms. The van der Waals surface area contributed by atoms with E-state index in [1.807, 2.05) is 6.92 Å². The van der Waals surface area contributed by atoms with Crippen molar-refractivity contribution in [2.75, 3.05) is 0 Å². The average molecular weight is 259 g/mol. The van der Waals surface area contributed by atoms with Gasteiger partial charge < -0.3 is 0 Å². The van der Waals surface area contributed by atoms with Gasteiger partial charge in [0, 0.05) is 17.0 Å². The Morgan fingerprint density at radius 3 is 2.61 bits per heavy atom. The van der Waals surface area contributed by atoms with Gasteiger partial charge in [0.15, 0.2) is 0 Å². The quantitative estimate of drug-likeness (QED) is 0.751. The van der Waals surface area contributed by atoms with Crippen molar-refractivity contribution in [3.63, 3.8) is 0 Å². The summed E-state index contributed by atoms with van der Waals surface area (Å²) in [5.74, 6) is 1.42. The summed E-state index contributed by atoms with van der Waals surface area (Å²) in [6.45, 7) is 4.07. The van der Waals surface area contributed by atoms with Gasteiger partial charge in [-0.1, -0.05) is 35.4 Å². The van der Waals surface area contributed by atoms with E-state index in [0.29, 0.717) is 11.1 Å². The largest absolute Gasteiger partial charge is 0.232 e. The van der Waals surface area contributed by atoms with Crippen LogP contribution in [0.3, 0.4) is 0 Å². The van der Waals surface area contributed by atoms with E-state index in [-0.39, 0.29) is 0 Å². The number of halogens is 1. The van der Waals surface area contributed by atoms with Gasteiger partial charge in [-0.25, -0.2) is 9.97 Å². The Balaban J connectivity index is 2.15. The van der Waals surface area contributed by atoms with Crippen LogP contribution in [0.2, 0.25) is 5.15 Å². The molecule has 0 unspecified atom stereocenters. The van der Waals surface area contributed by atoms with E-state index in [4.69, 9.17) is 16.6 Å². The van der Waals surface area contributed by atoms with E-state index in [1.165, 1.54) is 18.4 Å². The van der Waals surface area contributed by atoms with Crippen LogP contribution in [0.1, 0.15) is 35.7 Å². The molecule has 1 heterocycles. The molecule has 0 bridgehead atoms. The van der Waals surface area contributed by atoms with E-state index >= 15 is 0 Å². The van der Waals surface area contributed by atoms with Crippen molar-refractivity contribution in [3.05, 3.63) is 46.4 Å².